The number of benzene rings is 1. The minimum absolute atomic E-state index is 0.0220. The molecule has 0 aliphatic heterocycles. The largest absolute Gasteiger partial charge is 0.491 e. The lowest BCUT2D eigenvalue weighted by atomic mass is 10.1. The number of amides is 1. The highest BCUT2D eigenvalue weighted by molar-refractivity contribution is 6.30. The van der Waals surface area contributed by atoms with E-state index >= 15 is 0 Å². The van der Waals surface area contributed by atoms with Crippen LogP contribution < -0.4 is 10.1 Å². The molecule has 0 fully saturated rings. The van der Waals surface area contributed by atoms with Crippen LogP contribution in [0.25, 0.3) is 16.9 Å². The summed E-state index contributed by atoms with van der Waals surface area (Å²) >= 11 is 6.09. The van der Waals surface area contributed by atoms with Crippen molar-refractivity contribution in [2.75, 3.05) is 20.3 Å². The third-order valence-electron chi connectivity index (χ3n) is 3.76. The topological polar surface area (TPSA) is 55.6 Å². The first-order valence-corrected chi connectivity index (χ1v) is 8.16. The fraction of sp³-hybridized carbons (Fsp3) is 0.222. The van der Waals surface area contributed by atoms with Crippen molar-refractivity contribution in [3.8, 4) is 17.0 Å². The van der Waals surface area contributed by atoms with E-state index in [1.807, 2.05) is 16.5 Å². The summed E-state index contributed by atoms with van der Waals surface area (Å²) in [7, 11) is 1.59. The predicted molar refractivity (Wildman–Crippen MR) is 94.9 cm³/mol. The maximum atomic E-state index is 12.2. The molecule has 0 unspecified atom stereocenters. The van der Waals surface area contributed by atoms with E-state index in [1.54, 1.807) is 37.5 Å². The Hall–Kier alpha value is -2.60. The number of imidazole rings is 1. The van der Waals surface area contributed by atoms with Crippen LogP contribution in [0.3, 0.4) is 0 Å². The van der Waals surface area contributed by atoms with Gasteiger partial charge in [-0.1, -0.05) is 11.6 Å². The van der Waals surface area contributed by atoms with Crippen LogP contribution in [0.2, 0.25) is 5.02 Å². The summed E-state index contributed by atoms with van der Waals surface area (Å²) < 4.78 is 19.3. The average molecular weight is 361 g/mol. The number of halogens is 2. The number of hydrogen-bond donors (Lipinski definition) is 1. The lowest BCUT2D eigenvalue weighted by Gasteiger charge is -2.07. The van der Waals surface area contributed by atoms with Gasteiger partial charge in [-0.2, -0.15) is 0 Å². The van der Waals surface area contributed by atoms with Gasteiger partial charge in [-0.25, -0.2) is 9.37 Å². The van der Waals surface area contributed by atoms with Gasteiger partial charge in [0.25, 0.3) is 0 Å². The molecule has 2 heterocycles. The Morgan fingerprint density at radius 2 is 2.04 bits per heavy atom. The quantitative estimate of drug-likeness (QED) is 0.734. The highest BCUT2D eigenvalue weighted by Gasteiger charge is 2.17. The van der Waals surface area contributed by atoms with Gasteiger partial charge in [-0.05, 0) is 36.4 Å². The van der Waals surface area contributed by atoms with Gasteiger partial charge in [0, 0.05) is 18.8 Å². The van der Waals surface area contributed by atoms with Crippen LogP contribution in [-0.4, -0.2) is 35.6 Å². The van der Waals surface area contributed by atoms with E-state index in [0.29, 0.717) is 22.1 Å². The maximum absolute atomic E-state index is 12.2. The van der Waals surface area contributed by atoms with Crippen LogP contribution in [0.4, 0.5) is 4.39 Å². The first-order valence-electron chi connectivity index (χ1n) is 7.78. The first kappa shape index (κ1) is 17.2. The number of nitrogens with one attached hydrogen (secondary N) is 1. The van der Waals surface area contributed by atoms with E-state index in [-0.39, 0.29) is 18.9 Å². The molecule has 3 rings (SSSR count). The minimum Gasteiger partial charge on any atom is -0.491 e. The van der Waals surface area contributed by atoms with Gasteiger partial charge < -0.3 is 14.5 Å². The standard InChI is InChI=1S/C18H17ClFN3O2/c1-21-17(24)10-15-18(22-16-7-4-13(19)11-23(15)16)12-2-5-14(6-3-12)25-9-8-20/h2-7,11H,8-10H2,1H3,(H,21,24)/i20-1. The van der Waals surface area contributed by atoms with Crippen LogP contribution in [-0.2, 0) is 11.2 Å². The molecule has 0 aliphatic rings. The van der Waals surface area contributed by atoms with Crippen molar-refractivity contribution in [2.24, 2.45) is 0 Å². The zero-order valence-corrected chi connectivity index (χ0v) is 14.4. The van der Waals surface area contributed by atoms with Crippen molar-refractivity contribution in [1.29, 1.82) is 0 Å². The molecule has 3 aromatic rings. The lowest BCUT2D eigenvalue weighted by molar-refractivity contribution is -0.120. The van der Waals surface area contributed by atoms with Crippen molar-refractivity contribution in [2.45, 2.75) is 6.42 Å². The summed E-state index contributed by atoms with van der Waals surface area (Å²) in [5.41, 5.74) is 2.99. The van der Waals surface area contributed by atoms with Crippen LogP contribution in [0, 0.1) is 0 Å². The second kappa shape index (κ2) is 7.53. The van der Waals surface area contributed by atoms with Crippen LogP contribution in [0.5, 0.6) is 5.75 Å². The molecule has 130 valence electrons. The molecule has 0 saturated carbocycles. The molecule has 0 bridgehead atoms. The lowest BCUT2D eigenvalue weighted by Crippen LogP contribution is -2.21. The molecule has 7 heteroatoms. The van der Waals surface area contributed by atoms with E-state index in [1.165, 1.54) is 0 Å². The Balaban J connectivity index is 2.04. The van der Waals surface area contributed by atoms with Gasteiger partial charge in [-0.15, -0.1) is 0 Å². The van der Waals surface area contributed by atoms with Crippen molar-refractivity contribution in [1.82, 2.24) is 14.7 Å². The number of rotatable bonds is 6. The number of alkyl halides is 1. The predicted octanol–water partition coefficient (Wildman–Crippen LogP) is 3.29. The molecular formula is C18H17ClFN3O2. The van der Waals surface area contributed by atoms with Crippen LogP contribution in [0.15, 0.2) is 42.6 Å². The zero-order chi connectivity index (χ0) is 17.8. The third kappa shape index (κ3) is 3.74. The number of aromatic nitrogens is 2. The number of carbonyl (C=O) groups excluding carboxylic acids is 1. The van der Waals surface area contributed by atoms with E-state index < -0.39 is 6.67 Å². The fourth-order valence-corrected chi connectivity index (χ4v) is 2.73. The summed E-state index contributed by atoms with van der Waals surface area (Å²) in [5, 5.41) is 3.18. The Morgan fingerprint density at radius 1 is 1.28 bits per heavy atom. The normalized spacial score (nSPS) is 10.8. The molecule has 1 amide bonds. The number of hydrogen-bond acceptors (Lipinski definition) is 3. The van der Waals surface area contributed by atoms with Crippen molar-refractivity contribution in [3.63, 3.8) is 0 Å². The summed E-state index contributed by atoms with van der Waals surface area (Å²) in [5.74, 6) is 0.465. The second-order valence-corrected chi connectivity index (χ2v) is 5.83. The Labute approximate surface area is 149 Å². The summed E-state index contributed by atoms with van der Waals surface area (Å²) in [4.78, 5) is 16.5. The Kier molecular flexibility index (Phi) is 5.19. The van der Waals surface area contributed by atoms with Gasteiger partial charge in [0.2, 0.25) is 5.91 Å². The van der Waals surface area contributed by atoms with Gasteiger partial charge in [-0.3, -0.25) is 4.79 Å². The van der Waals surface area contributed by atoms with E-state index in [9.17, 15) is 9.18 Å². The van der Waals surface area contributed by atoms with Gasteiger partial charge in [0.1, 0.15) is 24.7 Å². The molecule has 5 nitrogen and oxygen atoms in total. The SMILES string of the molecule is CNC(=O)Cc1c(-c2ccc(OCC[18F])cc2)nc2ccc(Cl)cn12. The van der Waals surface area contributed by atoms with E-state index in [4.69, 9.17) is 16.3 Å². The molecule has 0 spiro atoms. The van der Waals surface area contributed by atoms with Crippen molar-refractivity contribution < 1.29 is 13.9 Å². The molecule has 2 aromatic heterocycles. The molecule has 25 heavy (non-hydrogen) atoms. The smallest absolute Gasteiger partial charge is 0.225 e. The highest BCUT2D eigenvalue weighted by Crippen LogP contribution is 2.27. The molecule has 0 atom stereocenters. The van der Waals surface area contributed by atoms with Crippen LogP contribution in [0.1, 0.15) is 5.69 Å². The molecule has 1 N–H and O–H groups in total. The molecular weight excluding hydrogens is 344 g/mol. The molecule has 0 radical (unpaired) electrons. The number of carbonyl (C=O) groups is 1. The Morgan fingerprint density at radius 3 is 2.72 bits per heavy atom. The number of nitrogens with zero attached hydrogens (tertiary/aromatic N) is 2. The minimum atomic E-state index is -0.536. The summed E-state index contributed by atoms with van der Waals surface area (Å²) in [6, 6.07) is 10.7. The molecule has 0 aliphatic carbocycles. The summed E-state index contributed by atoms with van der Waals surface area (Å²) in [6.45, 7) is -0.515. The molecule has 0 saturated heterocycles. The third-order valence-corrected chi connectivity index (χ3v) is 3.99. The van der Waals surface area contributed by atoms with Crippen molar-refractivity contribution in [3.05, 3.63) is 53.3 Å². The maximum Gasteiger partial charge on any atom is 0.225 e. The highest BCUT2D eigenvalue weighted by atomic mass is 35.5. The van der Waals surface area contributed by atoms with Crippen molar-refractivity contribution >= 4 is 23.2 Å². The van der Waals surface area contributed by atoms with E-state index in [2.05, 4.69) is 10.3 Å². The monoisotopic (exact) mass is 360 g/mol. The average Bonchev–Trinajstić information content (AvgIpc) is 2.98. The molecule has 1 aromatic carbocycles. The van der Waals surface area contributed by atoms with Gasteiger partial charge in [0.15, 0.2) is 0 Å². The number of likely N-dealkylation sites (N-methyl/N-ethyl adjacent to an activating group) is 1. The first-order chi connectivity index (χ1) is 12.1. The fourth-order valence-electron chi connectivity index (χ4n) is 2.57. The number of fused-ring (bicyclic) bond motifs is 1. The second-order valence-electron chi connectivity index (χ2n) is 5.39. The number of ether oxygens (including phenoxy) is 1. The van der Waals surface area contributed by atoms with Gasteiger partial charge in [0.05, 0.1) is 22.8 Å². The number of pyridine rings is 1. The van der Waals surface area contributed by atoms with Crippen LogP contribution >= 0.6 is 11.6 Å². The summed E-state index contributed by atoms with van der Waals surface area (Å²) in [6.07, 6.45) is 1.91. The van der Waals surface area contributed by atoms with Gasteiger partial charge >= 0.3 is 0 Å². The van der Waals surface area contributed by atoms with E-state index in [0.717, 1.165) is 11.3 Å². The zero-order valence-electron chi connectivity index (χ0n) is 13.6. The Bertz CT molecular complexity index is 893.